The lowest BCUT2D eigenvalue weighted by Gasteiger charge is -1.98. The van der Waals surface area contributed by atoms with Gasteiger partial charge in [-0.1, -0.05) is 35.9 Å². The Balaban J connectivity index is 1.84. The third-order valence-electron chi connectivity index (χ3n) is 2.89. The number of amides is 1. The molecule has 1 aliphatic heterocycles. The molecule has 0 bridgehead atoms. The fourth-order valence-corrected chi connectivity index (χ4v) is 3.22. The van der Waals surface area contributed by atoms with Crippen molar-refractivity contribution >= 4 is 68.8 Å². The second-order valence-corrected chi connectivity index (χ2v) is 7.17. The van der Waals surface area contributed by atoms with Gasteiger partial charge in [-0.15, -0.1) is 0 Å². The van der Waals surface area contributed by atoms with Gasteiger partial charge in [0.05, 0.1) is 15.6 Å². The topological polar surface area (TPSA) is 41.5 Å². The maximum Gasteiger partial charge on any atom is 0.264 e. The van der Waals surface area contributed by atoms with Crippen LogP contribution < -0.4 is 5.32 Å². The van der Waals surface area contributed by atoms with Gasteiger partial charge in [0.15, 0.2) is 5.17 Å². The van der Waals surface area contributed by atoms with E-state index in [9.17, 15) is 4.79 Å². The van der Waals surface area contributed by atoms with Crippen molar-refractivity contribution in [3.05, 3.63) is 67.6 Å². The van der Waals surface area contributed by atoms with E-state index in [1.165, 1.54) is 11.8 Å². The van der Waals surface area contributed by atoms with Crippen LogP contribution in [0.5, 0.6) is 0 Å². The highest BCUT2D eigenvalue weighted by atomic mass is 127. The summed E-state index contributed by atoms with van der Waals surface area (Å²) in [5.74, 6) is -0.144. The predicted octanol–water partition coefficient (Wildman–Crippen LogP) is 4.84. The van der Waals surface area contributed by atoms with Crippen LogP contribution >= 0.6 is 46.0 Å². The summed E-state index contributed by atoms with van der Waals surface area (Å²) in [4.78, 5) is 17.0. The molecule has 1 heterocycles. The molecule has 6 heteroatoms. The Labute approximate surface area is 151 Å². The zero-order valence-corrected chi connectivity index (χ0v) is 14.9. The number of benzene rings is 2. The molecule has 1 fully saturated rings. The van der Waals surface area contributed by atoms with Gasteiger partial charge in [0.1, 0.15) is 0 Å². The first-order valence-electron chi connectivity index (χ1n) is 6.41. The van der Waals surface area contributed by atoms with Crippen molar-refractivity contribution in [3.8, 4) is 0 Å². The number of hydrogen-bond donors (Lipinski definition) is 1. The van der Waals surface area contributed by atoms with Crippen LogP contribution in [0.15, 0.2) is 58.4 Å². The van der Waals surface area contributed by atoms with Gasteiger partial charge in [-0.3, -0.25) is 4.79 Å². The first kappa shape index (κ1) is 15.6. The molecule has 0 atom stereocenters. The van der Waals surface area contributed by atoms with E-state index in [-0.39, 0.29) is 5.91 Å². The van der Waals surface area contributed by atoms with Crippen molar-refractivity contribution in [2.24, 2.45) is 4.99 Å². The van der Waals surface area contributed by atoms with Crippen LogP contribution in [0, 0.1) is 3.57 Å². The minimum atomic E-state index is -0.144. The number of para-hydroxylation sites is 1. The van der Waals surface area contributed by atoms with E-state index < -0.39 is 0 Å². The number of nitrogens with one attached hydrogen (secondary N) is 1. The Morgan fingerprint density at radius 3 is 2.59 bits per heavy atom. The van der Waals surface area contributed by atoms with Crippen LogP contribution in [-0.4, -0.2) is 11.1 Å². The molecule has 3 nitrogen and oxygen atoms in total. The fraction of sp³-hybridized carbons (Fsp3) is 0. The molecule has 0 radical (unpaired) electrons. The number of carbonyl (C=O) groups is 1. The molecule has 0 saturated carbocycles. The Morgan fingerprint density at radius 2 is 1.86 bits per heavy atom. The van der Waals surface area contributed by atoms with Crippen molar-refractivity contribution in [3.63, 3.8) is 0 Å². The number of nitrogens with zero attached hydrogens (tertiary/aromatic N) is 1. The Kier molecular flexibility index (Phi) is 4.85. The van der Waals surface area contributed by atoms with E-state index in [0.29, 0.717) is 20.8 Å². The van der Waals surface area contributed by atoms with E-state index in [4.69, 9.17) is 11.6 Å². The summed E-state index contributed by atoms with van der Waals surface area (Å²) >= 11 is 9.63. The SMILES string of the molecule is O=C1NC(=Nc2ccccc2Cl)S/C1=C/c1ccc(I)cc1. The Morgan fingerprint density at radius 1 is 1.14 bits per heavy atom. The third kappa shape index (κ3) is 3.71. The monoisotopic (exact) mass is 440 g/mol. The van der Waals surface area contributed by atoms with E-state index in [1.807, 2.05) is 48.5 Å². The van der Waals surface area contributed by atoms with Crippen molar-refractivity contribution < 1.29 is 4.79 Å². The number of hydrogen-bond acceptors (Lipinski definition) is 3. The van der Waals surface area contributed by atoms with Gasteiger partial charge in [0.2, 0.25) is 0 Å². The van der Waals surface area contributed by atoms with Gasteiger partial charge < -0.3 is 5.32 Å². The van der Waals surface area contributed by atoms with E-state index >= 15 is 0 Å². The van der Waals surface area contributed by atoms with Gasteiger partial charge in [-0.25, -0.2) is 4.99 Å². The summed E-state index contributed by atoms with van der Waals surface area (Å²) in [5.41, 5.74) is 1.62. The lowest BCUT2D eigenvalue weighted by molar-refractivity contribution is -0.115. The van der Waals surface area contributed by atoms with Gasteiger partial charge in [0, 0.05) is 3.57 Å². The molecule has 2 aromatic carbocycles. The molecule has 1 amide bonds. The molecule has 0 aromatic heterocycles. The van der Waals surface area contributed by atoms with Gasteiger partial charge in [-0.05, 0) is 70.3 Å². The summed E-state index contributed by atoms with van der Waals surface area (Å²) in [6, 6.07) is 15.2. The first-order chi connectivity index (χ1) is 10.6. The van der Waals surface area contributed by atoms with Crippen LogP contribution in [0.1, 0.15) is 5.56 Å². The molecule has 1 saturated heterocycles. The first-order valence-corrected chi connectivity index (χ1v) is 8.69. The van der Waals surface area contributed by atoms with Crippen LogP contribution in [0.4, 0.5) is 5.69 Å². The minimum absolute atomic E-state index is 0.144. The van der Waals surface area contributed by atoms with Crippen molar-refractivity contribution in [2.45, 2.75) is 0 Å². The van der Waals surface area contributed by atoms with Crippen molar-refractivity contribution in [1.82, 2.24) is 5.32 Å². The van der Waals surface area contributed by atoms with Crippen LogP contribution in [0.3, 0.4) is 0 Å². The maximum atomic E-state index is 12.0. The molecular formula is C16H10ClIN2OS. The average Bonchev–Trinajstić information content (AvgIpc) is 2.84. The van der Waals surface area contributed by atoms with E-state index in [2.05, 4.69) is 32.9 Å². The largest absolute Gasteiger partial charge is 0.300 e. The Bertz CT molecular complexity index is 787. The summed E-state index contributed by atoms with van der Waals surface area (Å²) in [5, 5.41) is 3.85. The highest BCUT2D eigenvalue weighted by Gasteiger charge is 2.23. The molecule has 2 aromatic rings. The quantitative estimate of drug-likeness (QED) is 0.536. The summed E-state index contributed by atoms with van der Waals surface area (Å²) in [7, 11) is 0. The van der Waals surface area contributed by atoms with E-state index in [0.717, 1.165) is 9.13 Å². The second-order valence-electron chi connectivity index (χ2n) is 4.48. The molecule has 110 valence electrons. The summed E-state index contributed by atoms with van der Waals surface area (Å²) in [6.07, 6.45) is 1.85. The van der Waals surface area contributed by atoms with Crippen LogP contribution in [-0.2, 0) is 4.79 Å². The average molecular weight is 441 g/mol. The normalized spacial score (nSPS) is 18.0. The minimum Gasteiger partial charge on any atom is -0.300 e. The molecule has 0 unspecified atom stereocenters. The number of aliphatic imine (C=N–C) groups is 1. The van der Waals surface area contributed by atoms with Crippen LogP contribution in [0.25, 0.3) is 6.08 Å². The zero-order chi connectivity index (χ0) is 15.5. The maximum absolute atomic E-state index is 12.0. The molecule has 0 aliphatic carbocycles. The summed E-state index contributed by atoms with van der Waals surface area (Å²) < 4.78 is 1.16. The number of rotatable bonds is 2. The molecule has 1 aliphatic rings. The number of carbonyl (C=O) groups excluding carboxylic acids is 1. The number of halogens is 2. The highest BCUT2D eigenvalue weighted by Crippen LogP contribution is 2.30. The highest BCUT2D eigenvalue weighted by molar-refractivity contribution is 14.1. The standard InChI is InChI=1S/C16H10ClIN2OS/c17-12-3-1-2-4-13(12)19-16-20-15(21)14(22-16)9-10-5-7-11(18)8-6-10/h1-9H,(H,19,20,21)/b14-9+. The van der Waals surface area contributed by atoms with Crippen LogP contribution in [0.2, 0.25) is 5.02 Å². The van der Waals surface area contributed by atoms with E-state index in [1.54, 1.807) is 6.07 Å². The smallest absolute Gasteiger partial charge is 0.264 e. The molecular weight excluding hydrogens is 431 g/mol. The van der Waals surface area contributed by atoms with Gasteiger partial charge >= 0.3 is 0 Å². The molecule has 1 N–H and O–H groups in total. The molecule has 3 rings (SSSR count). The molecule has 22 heavy (non-hydrogen) atoms. The Hall–Kier alpha value is -1.31. The fourth-order valence-electron chi connectivity index (χ4n) is 1.84. The second kappa shape index (κ2) is 6.85. The predicted molar refractivity (Wildman–Crippen MR) is 101 cm³/mol. The molecule has 0 spiro atoms. The van der Waals surface area contributed by atoms with Gasteiger partial charge in [-0.2, -0.15) is 0 Å². The lowest BCUT2D eigenvalue weighted by atomic mass is 10.2. The van der Waals surface area contributed by atoms with Crippen molar-refractivity contribution in [2.75, 3.05) is 0 Å². The zero-order valence-electron chi connectivity index (χ0n) is 11.2. The van der Waals surface area contributed by atoms with Crippen molar-refractivity contribution in [1.29, 1.82) is 0 Å². The van der Waals surface area contributed by atoms with Gasteiger partial charge in [0.25, 0.3) is 5.91 Å². The third-order valence-corrected chi connectivity index (χ3v) is 4.84. The lowest BCUT2D eigenvalue weighted by Crippen LogP contribution is -2.19. The number of amidine groups is 1. The number of thioether (sulfide) groups is 1. The summed E-state index contributed by atoms with van der Waals surface area (Å²) in [6.45, 7) is 0.